The lowest BCUT2D eigenvalue weighted by Crippen LogP contribution is -2.34. The summed E-state index contributed by atoms with van der Waals surface area (Å²) < 4.78 is 20.0. The molecule has 2 heterocycles. The van der Waals surface area contributed by atoms with Gasteiger partial charge in [-0.2, -0.15) is 0 Å². The number of amides is 1. The molecule has 0 spiro atoms. The Morgan fingerprint density at radius 3 is 2.63 bits per heavy atom. The first-order valence-electron chi connectivity index (χ1n) is 12.1. The van der Waals surface area contributed by atoms with Crippen LogP contribution in [0.1, 0.15) is 42.8 Å². The molecule has 2 aromatic carbocycles. The number of benzene rings is 2. The van der Waals surface area contributed by atoms with E-state index in [4.69, 9.17) is 4.52 Å². The molecule has 0 saturated heterocycles. The predicted octanol–water partition coefficient (Wildman–Crippen LogP) is 5.04. The van der Waals surface area contributed by atoms with Gasteiger partial charge in [-0.25, -0.2) is 14.4 Å². The quantitative estimate of drug-likeness (QED) is 0.388. The van der Waals surface area contributed by atoms with Gasteiger partial charge in [-0.05, 0) is 68.0 Å². The van der Waals surface area contributed by atoms with Gasteiger partial charge in [-0.3, -0.25) is 4.79 Å². The van der Waals surface area contributed by atoms with Crippen molar-refractivity contribution in [3.63, 3.8) is 0 Å². The van der Waals surface area contributed by atoms with E-state index >= 15 is 0 Å². The summed E-state index contributed by atoms with van der Waals surface area (Å²) in [5.41, 5.74) is 3.22. The maximum absolute atomic E-state index is 14.9. The highest BCUT2D eigenvalue weighted by atomic mass is 19.1. The topological polar surface area (TPSA) is 84.2 Å². The summed E-state index contributed by atoms with van der Waals surface area (Å²) in [5.74, 6) is 1.69. The van der Waals surface area contributed by atoms with Crippen molar-refractivity contribution in [3.05, 3.63) is 71.6 Å². The third kappa shape index (κ3) is 4.73. The van der Waals surface area contributed by atoms with E-state index in [1.54, 1.807) is 17.0 Å². The molecule has 1 N–H and O–H groups in total. The molecule has 2 fully saturated rings. The number of nitrogens with zero attached hydrogens (tertiary/aromatic N) is 4. The second-order valence-electron chi connectivity index (χ2n) is 9.48. The molecule has 4 aromatic rings. The van der Waals surface area contributed by atoms with Crippen molar-refractivity contribution in [2.24, 2.45) is 0 Å². The molecule has 1 amide bonds. The zero-order valence-corrected chi connectivity index (χ0v) is 19.5. The highest BCUT2D eigenvalue weighted by molar-refractivity contribution is 5.93. The highest BCUT2D eigenvalue weighted by Gasteiger charge is 2.33. The maximum Gasteiger partial charge on any atom is 0.230 e. The number of nitrogens with one attached hydrogen (secondary N) is 1. The zero-order valence-electron chi connectivity index (χ0n) is 19.5. The largest absolute Gasteiger partial charge is 0.367 e. The Bertz CT molecular complexity index is 1400. The fourth-order valence-corrected chi connectivity index (χ4v) is 4.41. The van der Waals surface area contributed by atoms with Gasteiger partial charge in [0.2, 0.25) is 5.91 Å². The molecule has 35 heavy (non-hydrogen) atoms. The van der Waals surface area contributed by atoms with Crippen LogP contribution in [0.5, 0.6) is 0 Å². The standard InChI is InChI=1S/C27H26FN5O2/c1-16-30-25-9-3-18(13-23(25)27(31-16)32-20-4-5-20)17-2-8-24(28)19(12-17)15-33(21-6-7-21)26(34)14-22-10-11-29-35-22/h2-3,8-13,20-21H,4-7,14-15H2,1H3,(H,30,31,32). The molecular weight excluding hydrogens is 445 g/mol. The number of fused-ring (bicyclic) bond motifs is 1. The Hall–Kier alpha value is -3.81. The zero-order chi connectivity index (χ0) is 23.9. The van der Waals surface area contributed by atoms with Gasteiger partial charge < -0.3 is 14.7 Å². The maximum atomic E-state index is 14.9. The van der Waals surface area contributed by atoms with Crippen molar-refractivity contribution in [3.8, 4) is 11.1 Å². The van der Waals surface area contributed by atoms with Crippen LogP contribution in [0.25, 0.3) is 22.0 Å². The van der Waals surface area contributed by atoms with E-state index in [0.29, 0.717) is 17.4 Å². The first-order chi connectivity index (χ1) is 17.0. The lowest BCUT2D eigenvalue weighted by molar-refractivity contribution is -0.132. The lowest BCUT2D eigenvalue weighted by Gasteiger charge is -2.23. The lowest BCUT2D eigenvalue weighted by atomic mass is 10.0. The fraction of sp³-hybridized carbons (Fsp3) is 0.333. The average molecular weight is 472 g/mol. The number of hydrogen-bond acceptors (Lipinski definition) is 6. The number of rotatable bonds is 8. The number of carbonyl (C=O) groups excluding carboxylic acids is 1. The van der Waals surface area contributed by atoms with Gasteiger partial charge in [0.25, 0.3) is 0 Å². The molecule has 0 atom stereocenters. The molecule has 2 saturated carbocycles. The van der Waals surface area contributed by atoms with Crippen LogP contribution < -0.4 is 5.32 Å². The van der Waals surface area contributed by atoms with E-state index in [0.717, 1.165) is 59.4 Å². The summed E-state index contributed by atoms with van der Waals surface area (Å²) in [4.78, 5) is 23.9. The fourth-order valence-electron chi connectivity index (χ4n) is 4.41. The van der Waals surface area contributed by atoms with Crippen LogP contribution in [0.2, 0.25) is 0 Å². The van der Waals surface area contributed by atoms with Gasteiger partial charge in [0.05, 0.1) is 18.1 Å². The molecule has 2 aromatic heterocycles. The van der Waals surface area contributed by atoms with E-state index in [2.05, 4.69) is 26.5 Å². The number of anilines is 1. The Morgan fingerprint density at radius 2 is 1.89 bits per heavy atom. The van der Waals surface area contributed by atoms with Gasteiger partial charge >= 0.3 is 0 Å². The van der Waals surface area contributed by atoms with Crippen LogP contribution in [0.3, 0.4) is 0 Å². The summed E-state index contributed by atoms with van der Waals surface area (Å²) in [6.45, 7) is 2.12. The minimum Gasteiger partial charge on any atom is -0.367 e. The van der Waals surface area contributed by atoms with E-state index < -0.39 is 0 Å². The number of halogens is 1. The first-order valence-corrected chi connectivity index (χ1v) is 12.1. The van der Waals surface area contributed by atoms with Crippen molar-refractivity contribution in [1.29, 1.82) is 0 Å². The second kappa shape index (κ2) is 8.76. The summed E-state index contributed by atoms with van der Waals surface area (Å²) in [6, 6.07) is 13.4. The van der Waals surface area contributed by atoms with Crippen LogP contribution in [0.15, 0.2) is 53.2 Å². The molecular formula is C27H26FN5O2. The van der Waals surface area contributed by atoms with Crippen molar-refractivity contribution >= 4 is 22.6 Å². The van der Waals surface area contributed by atoms with Crippen molar-refractivity contribution in [2.45, 2.75) is 57.7 Å². The molecule has 6 rings (SSSR count). The third-order valence-electron chi connectivity index (χ3n) is 6.57. The number of carbonyl (C=O) groups is 1. The van der Waals surface area contributed by atoms with Crippen LogP contribution >= 0.6 is 0 Å². The molecule has 0 radical (unpaired) electrons. The van der Waals surface area contributed by atoms with E-state index in [1.165, 1.54) is 12.3 Å². The van der Waals surface area contributed by atoms with Gasteiger partial charge in [-0.15, -0.1) is 0 Å². The summed E-state index contributed by atoms with van der Waals surface area (Å²) >= 11 is 0. The number of aryl methyl sites for hydroxylation is 1. The van der Waals surface area contributed by atoms with Crippen LogP contribution in [0.4, 0.5) is 10.2 Å². The van der Waals surface area contributed by atoms with E-state index in [-0.39, 0.29) is 30.7 Å². The van der Waals surface area contributed by atoms with Crippen molar-refractivity contribution in [2.75, 3.05) is 5.32 Å². The molecule has 7 nitrogen and oxygen atoms in total. The molecule has 2 aliphatic carbocycles. The predicted molar refractivity (Wildman–Crippen MR) is 130 cm³/mol. The van der Waals surface area contributed by atoms with Crippen LogP contribution in [-0.2, 0) is 17.8 Å². The Morgan fingerprint density at radius 1 is 1.09 bits per heavy atom. The van der Waals surface area contributed by atoms with Crippen LogP contribution in [-0.4, -0.2) is 38.0 Å². The second-order valence-corrected chi connectivity index (χ2v) is 9.48. The van der Waals surface area contributed by atoms with E-state index in [9.17, 15) is 9.18 Å². The monoisotopic (exact) mass is 471 g/mol. The minimum atomic E-state index is -0.317. The van der Waals surface area contributed by atoms with E-state index in [1.807, 2.05) is 25.1 Å². The Kier molecular flexibility index (Phi) is 5.43. The SMILES string of the molecule is Cc1nc(NC2CC2)c2cc(-c3ccc(F)c(CN(C(=O)Cc4ccno4)C4CC4)c3)ccc2n1. The first kappa shape index (κ1) is 21.7. The minimum absolute atomic E-state index is 0.0805. The molecule has 0 aliphatic heterocycles. The van der Waals surface area contributed by atoms with Gasteiger partial charge in [0.15, 0.2) is 0 Å². The van der Waals surface area contributed by atoms with Crippen molar-refractivity contribution in [1.82, 2.24) is 20.0 Å². The summed E-state index contributed by atoms with van der Waals surface area (Å²) in [7, 11) is 0. The number of hydrogen-bond donors (Lipinski definition) is 1. The molecule has 178 valence electrons. The number of aromatic nitrogens is 3. The average Bonchev–Trinajstić information content (AvgIpc) is 3.78. The van der Waals surface area contributed by atoms with Gasteiger partial charge in [0.1, 0.15) is 23.2 Å². The van der Waals surface area contributed by atoms with Crippen LogP contribution in [0, 0.1) is 12.7 Å². The summed E-state index contributed by atoms with van der Waals surface area (Å²) in [6.07, 6.45) is 5.82. The Balaban J connectivity index is 1.30. The smallest absolute Gasteiger partial charge is 0.230 e. The Labute approximate surface area is 202 Å². The normalized spacial score (nSPS) is 15.4. The van der Waals surface area contributed by atoms with Gasteiger partial charge in [-0.1, -0.05) is 17.3 Å². The molecule has 2 aliphatic rings. The molecule has 0 bridgehead atoms. The third-order valence-corrected chi connectivity index (χ3v) is 6.57. The van der Waals surface area contributed by atoms with Gasteiger partial charge in [0, 0.05) is 35.6 Å². The van der Waals surface area contributed by atoms with Crippen molar-refractivity contribution < 1.29 is 13.7 Å². The molecule has 0 unspecified atom stereocenters. The molecule has 8 heteroatoms. The summed E-state index contributed by atoms with van der Waals surface area (Å²) in [5, 5.41) is 8.13. The highest BCUT2D eigenvalue weighted by Crippen LogP contribution is 2.33.